The lowest BCUT2D eigenvalue weighted by Crippen LogP contribution is -2.36. The number of hydroxylamine groups is 2. The summed E-state index contributed by atoms with van der Waals surface area (Å²) in [6.07, 6.45) is 3.87. The highest BCUT2D eigenvalue weighted by Gasteiger charge is 2.21. The second-order valence-electron chi connectivity index (χ2n) is 3.30. The van der Waals surface area contributed by atoms with Crippen molar-refractivity contribution in [1.82, 2.24) is 10.4 Å². The van der Waals surface area contributed by atoms with Crippen molar-refractivity contribution in [2.45, 2.75) is 32.2 Å². The lowest BCUT2D eigenvalue weighted by Gasteiger charge is -2.22. The third-order valence-electron chi connectivity index (χ3n) is 2.24. The second-order valence-corrected chi connectivity index (χ2v) is 3.30. The molecule has 1 atom stereocenters. The van der Waals surface area contributed by atoms with Crippen LogP contribution in [0.25, 0.3) is 0 Å². The van der Waals surface area contributed by atoms with E-state index in [0.29, 0.717) is 6.61 Å². The van der Waals surface area contributed by atoms with Gasteiger partial charge in [0.25, 0.3) is 0 Å². The van der Waals surface area contributed by atoms with E-state index >= 15 is 0 Å². The maximum Gasteiger partial charge on any atom is 0.233 e. The van der Waals surface area contributed by atoms with Crippen LogP contribution in [0, 0.1) is 0 Å². The van der Waals surface area contributed by atoms with Gasteiger partial charge in [-0.2, -0.15) is 0 Å². The lowest BCUT2D eigenvalue weighted by molar-refractivity contribution is -0.184. The van der Waals surface area contributed by atoms with E-state index in [4.69, 9.17) is 4.84 Å². The third kappa shape index (κ3) is 3.32. The van der Waals surface area contributed by atoms with E-state index in [1.807, 2.05) is 0 Å². The molecule has 0 aromatic carbocycles. The van der Waals surface area contributed by atoms with Gasteiger partial charge in [-0.1, -0.05) is 13.3 Å². The standard InChI is InChI=1S/C9H18N2O2/c1-2-3-6-13-11(8-12)9-4-5-10-7-9/h8-10H,2-7H2,1H3. The zero-order valence-electron chi connectivity index (χ0n) is 8.16. The zero-order chi connectivity index (χ0) is 9.52. The fourth-order valence-electron chi connectivity index (χ4n) is 1.39. The van der Waals surface area contributed by atoms with Gasteiger partial charge in [-0.05, 0) is 19.4 Å². The third-order valence-corrected chi connectivity index (χ3v) is 2.24. The van der Waals surface area contributed by atoms with Gasteiger partial charge in [0.15, 0.2) is 0 Å². The molecule has 1 unspecified atom stereocenters. The quantitative estimate of drug-likeness (QED) is 0.374. The SMILES string of the molecule is CCCCON(C=O)C1CCNC1. The Balaban J connectivity index is 2.20. The molecule has 76 valence electrons. The maximum absolute atomic E-state index is 10.7. The molecular formula is C9H18N2O2. The first-order chi connectivity index (χ1) is 6.38. The molecule has 1 N–H and O–H groups in total. The number of amides is 1. The molecule has 1 fully saturated rings. The first kappa shape index (κ1) is 10.5. The average molecular weight is 186 g/mol. The molecule has 0 saturated carbocycles. The van der Waals surface area contributed by atoms with E-state index in [2.05, 4.69) is 12.2 Å². The monoisotopic (exact) mass is 186 g/mol. The van der Waals surface area contributed by atoms with E-state index in [-0.39, 0.29) is 6.04 Å². The summed E-state index contributed by atoms with van der Waals surface area (Å²) in [5, 5.41) is 4.65. The van der Waals surface area contributed by atoms with Gasteiger partial charge in [-0.3, -0.25) is 9.63 Å². The highest BCUT2D eigenvalue weighted by Crippen LogP contribution is 2.07. The van der Waals surface area contributed by atoms with Gasteiger partial charge in [0.05, 0.1) is 12.6 Å². The molecule has 13 heavy (non-hydrogen) atoms. The Kier molecular flexibility index (Phi) is 4.78. The minimum absolute atomic E-state index is 0.231. The predicted octanol–water partition coefficient (Wildman–Crippen LogP) is 0.538. The minimum atomic E-state index is 0.231. The van der Waals surface area contributed by atoms with Crippen LogP contribution < -0.4 is 5.32 Å². The van der Waals surface area contributed by atoms with E-state index in [1.165, 1.54) is 5.06 Å². The van der Waals surface area contributed by atoms with Gasteiger partial charge in [0.2, 0.25) is 6.41 Å². The Labute approximate surface area is 79.2 Å². The molecule has 1 aliphatic heterocycles. The van der Waals surface area contributed by atoms with Crippen LogP contribution in [0.5, 0.6) is 0 Å². The molecule has 1 heterocycles. The summed E-state index contributed by atoms with van der Waals surface area (Å²) in [6.45, 7) is 4.58. The second kappa shape index (κ2) is 5.94. The Bertz CT molecular complexity index is 147. The van der Waals surface area contributed by atoms with Gasteiger partial charge in [0, 0.05) is 6.54 Å². The van der Waals surface area contributed by atoms with Crippen LogP contribution in [0.3, 0.4) is 0 Å². The molecule has 1 aliphatic rings. The molecule has 1 saturated heterocycles. The van der Waals surface area contributed by atoms with Gasteiger partial charge < -0.3 is 5.32 Å². The van der Waals surface area contributed by atoms with Crippen molar-refractivity contribution in [1.29, 1.82) is 0 Å². The molecule has 4 heteroatoms. The van der Waals surface area contributed by atoms with E-state index < -0.39 is 0 Å². The van der Waals surface area contributed by atoms with Crippen LogP contribution in [0.4, 0.5) is 0 Å². The van der Waals surface area contributed by atoms with Crippen molar-refractivity contribution in [3.8, 4) is 0 Å². The van der Waals surface area contributed by atoms with Crippen molar-refractivity contribution in [2.75, 3.05) is 19.7 Å². The lowest BCUT2D eigenvalue weighted by atomic mass is 10.3. The molecule has 0 aromatic heterocycles. The number of nitrogens with zero attached hydrogens (tertiary/aromatic N) is 1. The predicted molar refractivity (Wildman–Crippen MR) is 50.0 cm³/mol. The highest BCUT2D eigenvalue weighted by molar-refractivity contribution is 5.45. The average Bonchev–Trinajstić information content (AvgIpc) is 2.65. The first-order valence-corrected chi connectivity index (χ1v) is 4.95. The van der Waals surface area contributed by atoms with Crippen LogP contribution in [-0.4, -0.2) is 37.2 Å². The summed E-state index contributed by atoms with van der Waals surface area (Å²) in [6, 6.07) is 0.231. The van der Waals surface area contributed by atoms with Crippen molar-refractivity contribution in [2.24, 2.45) is 0 Å². The van der Waals surface area contributed by atoms with Gasteiger partial charge >= 0.3 is 0 Å². The van der Waals surface area contributed by atoms with Crippen LogP contribution >= 0.6 is 0 Å². The van der Waals surface area contributed by atoms with Crippen molar-refractivity contribution < 1.29 is 9.63 Å². The summed E-state index contributed by atoms with van der Waals surface area (Å²) >= 11 is 0. The van der Waals surface area contributed by atoms with Crippen LogP contribution in [0.1, 0.15) is 26.2 Å². The molecule has 0 aliphatic carbocycles. The van der Waals surface area contributed by atoms with Crippen LogP contribution in [-0.2, 0) is 9.63 Å². The smallest absolute Gasteiger partial charge is 0.233 e. The van der Waals surface area contributed by atoms with Gasteiger partial charge in [0.1, 0.15) is 0 Å². The summed E-state index contributed by atoms with van der Waals surface area (Å²) in [5.74, 6) is 0. The molecule has 0 aromatic rings. The largest absolute Gasteiger partial charge is 0.315 e. The number of rotatable bonds is 6. The van der Waals surface area contributed by atoms with Gasteiger partial charge in [-0.15, -0.1) is 0 Å². The Morgan fingerprint density at radius 2 is 2.54 bits per heavy atom. The van der Waals surface area contributed by atoms with Crippen molar-refractivity contribution >= 4 is 6.41 Å². The van der Waals surface area contributed by atoms with E-state index in [1.54, 1.807) is 0 Å². The summed E-state index contributed by atoms with van der Waals surface area (Å²) in [5.41, 5.74) is 0. The number of hydrogen-bond acceptors (Lipinski definition) is 3. The number of carbonyl (C=O) groups is 1. The molecule has 0 spiro atoms. The number of carbonyl (C=O) groups excluding carboxylic acids is 1. The molecule has 1 rings (SSSR count). The molecule has 0 radical (unpaired) electrons. The normalized spacial score (nSPS) is 21.8. The molecular weight excluding hydrogens is 168 g/mol. The highest BCUT2D eigenvalue weighted by atomic mass is 16.7. The van der Waals surface area contributed by atoms with Crippen molar-refractivity contribution in [3.05, 3.63) is 0 Å². The Morgan fingerprint density at radius 1 is 1.69 bits per heavy atom. The van der Waals surface area contributed by atoms with Gasteiger partial charge in [-0.25, -0.2) is 5.06 Å². The minimum Gasteiger partial charge on any atom is -0.315 e. The fourth-order valence-corrected chi connectivity index (χ4v) is 1.39. The first-order valence-electron chi connectivity index (χ1n) is 4.95. The fraction of sp³-hybridized carbons (Fsp3) is 0.889. The van der Waals surface area contributed by atoms with E-state index in [9.17, 15) is 4.79 Å². The Morgan fingerprint density at radius 3 is 3.08 bits per heavy atom. The zero-order valence-corrected chi connectivity index (χ0v) is 8.16. The molecule has 0 bridgehead atoms. The number of nitrogens with one attached hydrogen (secondary N) is 1. The van der Waals surface area contributed by atoms with Crippen molar-refractivity contribution in [3.63, 3.8) is 0 Å². The van der Waals surface area contributed by atoms with Crippen LogP contribution in [0.15, 0.2) is 0 Å². The molecule has 1 amide bonds. The number of unbranched alkanes of at least 4 members (excludes halogenated alkanes) is 1. The number of hydrogen-bond donors (Lipinski definition) is 1. The summed E-state index contributed by atoms with van der Waals surface area (Å²) < 4.78 is 0. The summed E-state index contributed by atoms with van der Waals surface area (Å²) in [7, 11) is 0. The van der Waals surface area contributed by atoms with E-state index in [0.717, 1.165) is 38.8 Å². The Hall–Kier alpha value is -0.610. The topological polar surface area (TPSA) is 41.6 Å². The van der Waals surface area contributed by atoms with Crippen LogP contribution in [0.2, 0.25) is 0 Å². The molecule has 4 nitrogen and oxygen atoms in total. The maximum atomic E-state index is 10.7. The summed E-state index contributed by atoms with van der Waals surface area (Å²) in [4.78, 5) is 16.0.